The number of halogens is 3. The Morgan fingerprint density at radius 1 is 1.29 bits per heavy atom. The molecule has 1 rings (SSSR count). The maximum absolute atomic E-state index is 12.5. The third-order valence-electron chi connectivity index (χ3n) is 1.80. The first-order chi connectivity index (χ1) is 7.70. The molecule has 4 nitrogen and oxygen atoms in total. The van der Waals surface area contributed by atoms with Crippen LogP contribution in [0.25, 0.3) is 0 Å². The van der Waals surface area contributed by atoms with Crippen LogP contribution in [0.5, 0.6) is 5.75 Å². The number of hydrogen-bond donors (Lipinski definition) is 0. The Balaban J connectivity index is 3.24. The molecule has 7 heteroatoms. The molecule has 0 heterocycles. The predicted octanol–water partition coefficient (Wildman–Crippen LogP) is 3.40. The molecule has 1 aromatic carbocycles. The summed E-state index contributed by atoms with van der Waals surface area (Å²) in [6.45, 7) is 3.23. The molecule has 0 atom stereocenters. The zero-order valence-corrected chi connectivity index (χ0v) is 9.12. The minimum atomic E-state index is -4.64. The Morgan fingerprint density at radius 3 is 2.29 bits per heavy atom. The Kier molecular flexibility index (Phi) is 3.59. The zero-order valence-electron chi connectivity index (χ0n) is 9.12. The van der Waals surface area contributed by atoms with Crippen molar-refractivity contribution in [2.45, 2.75) is 26.1 Å². The third-order valence-corrected chi connectivity index (χ3v) is 1.80. The van der Waals surface area contributed by atoms with E-state index < -0.39 is 22.4 Å². The van der Waals surface area contributed by atoms with E-state index in [0.29, 0.717) is 6.07 Å². The van der Waals surface area contributed by atoms with Crippen LogP contribution < -0.4 is 4.74 Å². The van der Waals surface area contributed by atoms with Gasteiger partial charge in [0.1, 0.15) is 5.75 Å². The van der Waals surface area contributed by atoms with Gasteiger partial charge in [-0.25, -0.2) is 0 Å². The van der Waals surface area contributed by atoms with Gasteiger partial charge in [-0.05, 0) is 19.9 Å². The summed E-state index contributed by atoms with van der Waals surface area (Å²) in [7, 11) is 0. The number of rotatable bonds is 3. The van der Waals surface area contributed by atoms with Crippen LogP contribution >= 0.6 is 0 Å². The molecule has 0 unspecified atom stereocenters. The van der Waals surface area contributed by atoms with Crippen LogP contribution in [0.2, 0.25) is 0 Å². The fraction of sp³-hybridized carbons (Fsp3) is 0.400. The van der Waals surface area contributed by atoms with Crippen LogP contribution in [0.4, 0.5) is 18.9 Å². The van der Waals surface area contributed by atoms with Crippen molar-refractivity contribution in [3.63, 3.8) is 0 Å². The number of non-ortho nitro benzene ring substituents is 1. The summed E-state index contributed by atoms with van der Waals surface area (Å²) in [5.74, 6) is -0.165. The summed E-state index contributed by atoms with van der Waals surface area (Å²) in [6, 6.07) is 2.19. The van der Waals surface area contributed by atoms with Crippen molar-refractivity contribution in [3.8, 4) is 5.75 Å². The zero-order chi connectivity index (χ0) is 13.2. The summed E-state index contributed by atoms with van der Waals surface area (Å²) < 4.78 is 42.4. The molecule has 0 aliphatic carbocycles. The van der Waals surface area contributed by atoms with Gasteiger partial charge in [-0.2, -0.15) is 13.2 Å². The molecule has 0 aliphatic rings. The molecule has 0 fully saturated rings. The normalized spacial score (nSPS) is 11.6. The summed E-state index contributed by atoms with van der Waals surface area (Å²) in [5, 5.41) is 10.5. The van der Waals surface area contributed by atoms with E-state index in [4.69, 9.17) is 4.74 Å². The van der Waals surface area contributed by atoms with E-state index >= 15 is 0 Å². The van der Waals surface area contributed by atoms with Gasteiger partial charge in [0.05, 0.1) is 22.7 Å². The third kappa shape index (κ3) is 3.61. The highest BCUT2D eigenvalue weighted by molar-refractivity contribution is 5.43. The molecule has 0 aliphatic heterocycles. The van der Waals surface area contributed by atoms with E-state index in [9.17, 15) is 23.3 Å². The summed E-state index contributed by atoms with van der Waals surface area (Å²) in [6.07, 6.45) is -5.00. The average Bonchev–Trinajstić information content (AvgIpc) is 2.14. The van der Waals surface area contributed by atoms with Gasteiger partial charge in [0.15, 0.2) is 0 Å². The first-order valence-electron chi connectivity index (χ1n) is 4.73. The summed E-state index contributed by atoms with van der Waals surface area (Å²) in [5.41, 5.74) is -1.74. The van der Waals surface area contributed by atoms with Crippen molar-refractivity contribution < 1.29 is 22.8 Å². The van der Waals surface area contributed by atoms with Crippen LogP contribution in [0.15, 0.2) is 18.2 Å². The average molecular weight is 249 g/mol. The molecule has 17 heavy (non-hydrogen) atoms. The lowest BCUT2D eigenvalue weighted by Crippen LogP contribution is -2.09. The topological polar surface area (TPSA) is 52.4 Å². The standard InChI is InChI=1S/C10H10F3NO3/c1-6(2)17-9-4-7(10(11,12)13)3-8(5-9)14(15)16/h3-6H,1-2H3. The van der Waals surface area contributed by atoms with Gasteiger partial charge in [-0.3, -0.25) is 10.1 Å². The number of nitro groups is 1. The van der Waals surface area contributed by atoms with Crippen molar-refractivity contribution >= 4 is 5.69 Å². The maximum atomic E-state index is 12.5. The molecule has 0 amide bonds. The van der Waals surface area contributed by atoms with E-state index in [1.807, 2.05) is 0 Å². The van der Waals surface area contributed by atoms with Crippen molar-refractivity contribution in [1.82, 2.24) is 0 Å². The fourth-order valence-corrected chi connectivity index (χ4v) is 1.19. The van der Waals surface area contributed by atoms with E-state index in [0.717, 1.165) is 12.1 Å². The van der Waals surface area contributed by atoms with Gasteiger partial charge < -0.3 is 4.74 Å². The molecule has 0 radical (unpaired) electrons. The number of ether oxygens (including phenoxy) is 1. The van der Waals surface area contributed by atoms with Crippen LogP contribution in [-0.2, 0) is 6.18 Å². The Morgan fingerprint density at radius 2 is 1.88 bits per heavy atom. The Bertz CT molecular complexity index is 429. The van der Waals surface area contributed by atoms with Gasteiger partial charge >= 0.3 is 6.18 Å². The second-order valence-corrected chi connectivity index (χ2v) is 3.64. The number of hydrogen-bond acceptors (Lipinski definition) is 3. The molecule has 0 bridgehead atoms. The molecule has 0 N–H and O–H groups in total. The lowest BCUT2D eigenvalue weighted by Gasteiger charge is -2.12. The Hall–Kier alpha value is -1.79. The van der Waals surface area contributed by atoms with Crippen LogP contribution in [0.1, 0.15) is 19.4 Å². The highest BCUT2D eigenvalue weighted by Gasteiger charge is 2.33. The van der Waals surface area contributed by atoms with Crippen molar-refractivity contribution in [2.75, 3.05) is 0 Å². The van der Waals surface area contributed by atoms with Gasteiger partial charge in [0, 0.05) is 6.07 Å². The fourth-order valence-electron chi connectivity index (χ4n) is 1.19. The highest BCUT2D eigenvalue weighted by Crippen LogP contribution is 2.34. The molecule has 0 spiro atoms. The number of nitrogens with zero attached hydrogens (tertiary/aromatic N) is 1. The second-order valence-electron chi connectivity index (χ2n) is 3.64. The molecule has 0 saturated heterocycles. The Labute approximate surface area is 95.2 Å². The van der Waals surface area contributed by atoms with E-state index in [1.165, 1.54) is 0 Å². The van der Waals surface area contributed by atoms with Gasteiger partial charge in [0.25, 0.3) is 5.69 Å². The quantitative estimate of drug-likeness (QED) is 0.609. The van der Waals surface area contributed by atoms with Gasteiger partial charge in [-0.1, -0.05) is 0 Å². The largest absolute Gasteiger partial charge is 0.491 e. The van der Waals surface area contributed by atoms with Gasteiger partial charge in [-0.15, -0.1) is 0 Å². The molecule has 1 aromatic rings. The number of alkyl halides is 3. The van der Waals surface area contributed by atoms with Crippen molar-refractivity contribution in [2.24, 2.45) is 0 Å². The number of benzene rings is 1. The maximum Gasteiger partial charge on any atom is 0.416 e. The minimum absolute atomic E-state index is 0.165. The molecular weight excluding hydrogens is 239 g/mol. The molecule has 94 valence electrons. The smallest absolute Gasteiger partial charge is 0.416 e. The second kappa shape index (κ2) is 4.60. The van der Waals surface area contributed by atoms with Crippen LogP contribution in [0.3, 0.4) is 0 Å². The summed E-state index contributed by atoms with van der Waals surface area (Å²) in [4.78, 5) is 9.61. The molecule has 0 saturated carbocycles. The first kappa shape index (κ1) is 13.3. The SMILES string of the molecule is CC(C)Oc1cc([N+](=O)[O-])cc(C(F)(F)F)c1. The lowest BCUT2D eigenvalue weighted by atomic mass is 10.2. The molecule has 0 aromatic heterocycles. The van der Waals surface area contributed by atoms with Crippen LogP contribution in [0, 0.1) is 10.1 Å². The van der Waals surface area contributed by atoms with Crippen molar-refractivity contribution in [3.05, 3.63) is 33.9 Å². The first-order valence-corrected chi connectivity index (χ1v) is 4.73. The minimum Gasteiger partial charge on any atom is -0.491 e. The molecular formula is C10H10F3NO3. The van der Waals surface area contributed by atoms with E-state index in [-0.39, 0.29) is 11.9 Å². The highest BCUT2D eigenvalue weighted by atomic mass is 19.4. The lowest BCUT2D eigenvalue weighted by molar-refractivity contribution is -0.385. The van der Waals surface area contributed by atoms with Crippen molar-refractivity contribution in [1.29, 1.82) is 0 Å². The summed E-state index contributed by atoms with van der Waals surface area (Å²) >= 11 is 0. The van der Waals surface area contributed by atoms with E-state index in [1.54, 1.807) is 13.8 Å². The van der Waals surface area contributed by atoms with E-state index in [2.05, 4.69) is 0 Å². The predicted molar refractivity (Wildman–Crippen MR) is 53.9 cm³/mol. The number of nitro benzene ring substituents is 1. The monoisotopic (exact) mass is 249 g/mol. The van der Waals surface area contributed by atoms with Crippen LogP contribution in [-0.4, -0.2) is 11.0 Å². The van der Waals surface area contributed by atoms with Gasteiger partial charge in [0.2, 0.25) is 0 Å².